The molecular formula is CAuNO3S. The van der Waals surface area contributed by atoms with E-state index in [0.717, 1.165) is 0 Å². The molecule has 44 valence electrons. The molecule has 0 aliphatic heterocycles. The Morgan fingerprint density at radius 1 is 1.43 bits per heavy atom. The van der Waals surface area contributed by atoms with Crippen LogP contribution in [-0.4, -0.2) is 13.3 Å². The molecule has 0 aromatic heterocycles. The van der Waals surface area contributed by atoms with Crippen LogP contribution in [0, 0.1) is 11.8 Å². The van der Waals surface area contributed by atoms with Gasteiger partial charge in [0.15, 0.2) is 0 Å². The van der Waals surface area contributed by atoms with Crippen LogP contribution in [0.1, 0.15) is 0 Å². The first-order chi connectivity index (χ1) is 2.73. The average Bonchev–Trinajstić information content (AvgIpc) is 1.41. The average molecular weight is 303 g/mol. The Balaban J connectivity index is -0.0000000480. The van der Waals surface area contributed by atoms with Gasteiger partial charge in [-0.15, -0.1) is 11.4 Å². The molecule has 0 heterocycles. The molecule has 0 unspecified atom stereocenters. The fourth-order valence-corrected chi connectivity index (χ4v) is 0. The monoisotopic (exact) mass is 303 g/mol. The zero-order chi connectivity index (χ0) is 5.58. The van der Waals surface area contributed by atoms with Crippen molar-refractivity contribution >= 4 is 11.4 Å². The third-order valence-electron chi connectivity index (χ3n) is 0. The van der Waals surface area contributed by atoms with Gasteiger partial charge in [-0.2, -0.15) is 0 Å². The molecule has 0 aromatic carbocycles. The predicted molar refractivity (Wildman–Crippen MR) is 14.7 cm³/mol. The Hall–Kier alpha value is 0.300. The summed E-state index contributed by atoms with van der Waals surface area (Å²) in [6.45, 7) is 4.75. The van der Waals surface area contributed by atoms with E-state index in [1.54, 1.807) is 0 Å². The summed E-state index contributed by atoms with van der Waals surface area (Å²) in [7, 11) is 0. The van der Waals surface area contributed by atoms with Crippen LogP contribution in [0.4, 0.5) is 0 Å². The Bertz CT molecular complexity index is 59.2. The van der Waals surface area contributed by atoms with E-state index in [-0.39, 0.29) is 22.4 Å². The van der Waals surface area contributed by atoms with E-state index >= 15 is 0 Å². The molecule has 0 bridgehead atoms. The van der Waals surface area contributed by atoms with Crippen LogP contribution in [0.2, 0.25) is 0 Å². The van der Waals surface area contributed by atoms with Gasteiger partial charge in [-0.05, 0) is 0 Å². The van der Waals surface area contributed by atoms with Crippen LogP contribution in [0.15, 0.2) is 0 Å². The van der Waals surface area contributed by atoms with Crippen LogP contribution in [0.3, 0.4) is 0 Å². The molecule has 0 spiro atoms. The molecule has 0 N–H and O–H groups in total. The molecule has 6 heteroatoms. The van der Waals surface area contributed by atoms with Crippen molar-refractivity contribution in [3.8, 4) is 0 Å². The van der Waals surface area contributed by atoms with Crippen molar-refractivity contribution in [2.24, 2.45) is 0 Å². The second-order valence-electron chi connectivity index (χ2n) is 0.204. The van der Waals surface area contributed by atoms with Gasteiger partial charge in [0.2, 0.25) is 0 Å². The zero-order valence-electron chi connectivity index (χ0n) is 2.88. The third-order valence-corrected chi connectivity index (χ3v) is 0. The van der Waals surface area contributed by atoms with Crippen molar-refractivity contribution in [3.63, 3.8) is 0 Å². The molecule has 0 amide bonds. The Labute approximate surface area is 59.2 Å². The summed E-state index contributed by atoms with van der Waals surface area (Å²) in [6.07, 6.45) is 0. The van der Waals surface area contributed by atoms with Crippen LogP contribution >= 0.6 is 0 Å². The minimum absolute atomic E-state index is 0. The minimum atomic E-state index is -3.11. The van der Waals surface area contributed by atoms with Crippen LogP contribution < -0.4 is 0 Å². The van der Waals surface area contributed by atoms with Gasteiger partial charge < -0.3 is 20.9 Å². The van der Waals surface area contributed by atoms with Crippen molar-refractivity contribution in [1.82, 2.24) is 0 Å². The van der Waals surface area contributed by atoms with Gasteiger partial charge in [0.25, 0.3) is 0 Å². The molecule has 0 saturated carbocycles. The maximum Gasteiger partial charge on any atom is 3.00 e. The maximum absolute atomic E-state index is 8.44. The van der Waals surface area contributed by atoms with Crippen molar-refractivity contribution < 1.29 is 35.7 Å². The van der Waals surface area contributed by atoms with Crippen LogP contribution in [0.5, 0.6) is 0 Å². The Morgan fingerprint density at radius 3 is 1.43 bits per heavy atom. The van der Waals surface area contributed by atoms with Gasteiger partial charge in [-0.1, -0.05) is 0 Å². The van der Waals surface area contributed by atoms with Gasteiger partial charge in [-0.3, -0.25) is 4.21 Å². The van der Waals surface area contributed by atoms with E-state index in [1.807, 2.05) is 0 Å². The van der Waals surface area contributed by atoms with E-state index in [0.29, 0.717) is 0 Å². The van der Waals surface area contributed by atoms with Gasteiger partial charge in [0, 0.05) is 0 Å². The first kappa shape index (κ1) is 15.7. The molecule has 0 atom stereocenters. The largest absolute Gasteiger partial charge is 3.00 e. The van der Waals surface area contributed by atoms with Gasteiger partial charge in [0.05, 0.1) is 0 Å². The molecule has 0 aliphatic carbocycles. The van der Waals surface area contributed by atoms with Gasteiger partial charge in [0.1, 0.15) is 0 Å². The SMILES string of the molecule is O=S([O-])[O-].[Au+3].[C-]#N. The molecule has 0 radical (unpaired) electrons. The molecule has 0 rings (SSSR count). The predicted octanol–water partition coefficient (Wildman–Crippen LogP) is -0.910. The van der Waals surface area contributed by atoms with E-state index < -0.39 is 11.4 Å². The summed E-state index contributed by atoms with van der Waals surface area (Å²) >= 11 is -3.11. The molecule has 0 aliphatic rings. The summed E-state index contributed by atoms with van der Waals surface area (Å²) in [5.74, 6) is 0. The molecule has 7 heavy (non-hydrogen) atoms. The van der Waals surface area contributed by atoms with E-state index in [4.69, 9.17) is 25.1 Å². The minimum Gasteiger partial charge on any atom is -0.784 e. The number of hydrogen-bond acceptors (Lipinski definition) is 4. The van der Waals surface area contributed by atoms with E-state index in [1.165, 1.54) is 0 Å². The molecule has 4 nitrogen and oxygen atoms in total. The third kappa shape index (κ3) is 1290. The van der Waals surface area contributed by atoms with Gasteiger partial charge in [-0.25, -0.2) is 0 Å². The Morgan fingerprint density at radius 2 is 1.43 bits per heavy atom. The zero-order valence-corrected chi connectivity index (χ0v) is 5.86. The summed E-state index contributed by atoms with van der Waals surface area (Å²) in [5.41, 5.74) is 0. The van der Waals surface area contributed by atoms with Crippen LogP contribution in [-0.2, 0) is 33.7 Å². The van der Waals surface area contributed by atoms with Crippen molar-refractivity contribution in [2.45, 2.75) is 0 Å². The van der Waals surface area contributed by atoms with Gasteiger partial charge >= 0.3 is 22.4 Å². The molecule has 0 saturated heterocycles. The second-order valence-corrected chi connectivity index (χ2v) is 0.612. The van der Waals surface area contributed by atoms with E-state index in [2.05, 4.69) is 0 Å². The van der Waals surface area contributed by atoms with E-state index in [9.17, 15) is 0 Å². The Kier molecular flexibility index (Phi) is 36.4. The number of rotatable bonds is 0. The first-order valence-electron chi connectivity index (χ1n) is 0.724. The first-order valence-corrected chi connectivity index (χ1v) is 1.72. The fourth-order valence-electron chi connectivity index (χ4n) is 0. The smallest absolute Gasteiger partial charge is 0.784 e. The standard InChI is InChI=1S/CN.Au.H2O3S/c1-2;;1-4(2)3/h;;(H2,1,2,3)/q-1;+3;/p-2. The summed E-state index contributed by atoms with van der Waals surface area (Å²) in [6, 6.07) is 0. The fraction of sp³-hybridized carbons (Fsp3) is 0. The quantitative estimate of drug-likeness (QED) is 0.329. The van der Waals surface area contributed by atoms with Crippen LogP contribution in [0.25, 0.3) is 0 Å². The maximum atomic E-state index is 8.44. The second kappa shape index (κ2) is 16.3. The molecular weight excluding hydrogens is 303 g/mol. The van der Waals surface area contributed by atoms with Crippen molar-refractivity contribution in [1.29, 1.82) is 5.26 Å². The normalized spacial score (nSPS) is 5.29. The van der Waals surface area contributed by atoms with Crippen molar-refractivity contribution in [2.75, 3.05) is 0 Å². The summed E-state index contributed by atoms with van der Waals surface area (Å²) in [4.78, 5) is 0. The number of hydrogen-bond donors (Lipinski definition) is 0. The number of nitrogens with zero attached hydrogens (tertiary/aromatic N) is 1. The topological polar surface area (TPSA) is 87.0 Å². The summed E-state index contributed by atoms with van der Waals surface area (Å²) in [5, 5.41) is 6.25. The molecule has 0 aromatic rings. The summed E-state index contributed by atoms with van der Waals surface area (Å²) < 4.78 is 25.3. The molecule has 0 fully saturated rings. The van der Waals surface area contributed by atoms with Crippen molar-refractivity contribution in [3.05, 3.63) is 6.57 Å².